The molecule has 0 aliphatic heterocycles. The van der Waals surface area contributed by atoms with E-state index in [2.05, 4.69) is 6.92 Å². The Morgan fingerprint density at radius 3 is 2.71 bits per heavy atom. The lowest BCUT2D eigenvalue weighted by atomic mass is 9.75. The van der Waals surface area contributed by atoms with Crippen LogP contribution in [0.3, 0.4) is 0 Å². The highest BCUT2D eigenvalue weighted by Crippen LogP contribution is 2.34. The topological polar surface area (TPSA) is 35.2 Å². The van der Waals surface area contributed by atoms with E-state index in [1.54, 1.807) is 0 Å². The lowest BCUT2D eigenvalue weighted by Gasteiger charge is -2.33. The highest BCUT2D eigenvalue weighted by atomic mass is 16.5. The van der Waals surface area contributed by atoms with Gasteiger partial charge in [0.15, 0.2) is 0 Å². The van der Waals surface area contributed by atoms with E-state index in [4.69, 9.17) is 10.5 Å². The Bertz CT molecular complexity index is 311. The van der Waals surface area contributed by atoms with Crippen LogP contribution in [0.1, 0.15) is 19.8 Å². The van der Waals surface area contributed by atoms with Gasteiger partial charge in [-0.15, -0.1) is 0 Å². The monoisotopic (exact) mass is 191 g/mol. The van der Waals surface area contributed by atoms with Crippen molar-refractivity contribution in [3.8, 4) is 5.75 Å². The molecule has 0 heterocycles. The summed E-state index contributed by atoms with van der Waals surface area (Å²) in [5.41, 5.74) is 6.51. The molecule has 0 radical (unpaired) electrons. The highest BCUT2D eigenvalue weighted by Gasteiger charge is 2.27. The number of benzene rings is 1. The number of nitrogen functional groups attached to an aromatic ring is 1. The van der Waals surface area contributed by atoms with Crippen molar-refractivity contribution in [3.63, 3.8) is 0 Å². The maximum absolute atomic E-state index is 5.78. The smallest absolute Gasteiger partial charge is 0.142 e. The third-order valence-corrected chi connectivity index (χ3v) is 3.17. The van der Waals surface area contributed by atoms with Crippen molar-refractivity contribution in [2.75, 3.05) is 12.3 Å². The van der Waals surface area contributed by atoms with Crippen LogP contribution in [-0.4, -0.2) is 6.61 Å². The van der Waals surface area contributed by atoms with Crippen LogP contribution >= 0.6 is 0 Å². The Labute approximate surface area is 85.1 Å². The number of rotatable bonds is 3. The lowest BCUT2D eigenvalue weighted by Crippen LogP contribution is -2.28. The zero-order valence-electron chi connectivity index (χ0n) is 8.57. The van der Waals surface area contributed by atoms with Gasteiger partial charge >= 0.3 is 0 Å². The van der Waals surface area contributed by atoms with E-state index in [9.17, 15) is 0 Å². The van der Waals surface area contributed by atoms with Gasteiger partial charge in [0.25, 0.3) is 0 Å². The Morgan fingerprint density at radius 2 is 2.14 bits per heavy atom. The largest absolute Gasteiger partial charge is 0.491 e. The highest BCUT2D eigenvalue weighted by molar-refractivity contribution is 5.51. The molecule has 1 aliphatic rings. The van der Waals surface area contributed by atoms with E-state index in [1.165, 1.54) is 12.8 Å². The third kappa shape index (κ3) is 1.84. The fraction of sp³-hybridized carbons (Fsp3) is 0.500. The van der Waals surface area contributed by atoms with Crippen LogP contribution in [0.2, 0.25) is 0 Å². The summed E-state index contributed by atoms with van der Waals surface area (Å²) >= 11 is 0. The molecule has 0 unspecified atom stereocenters. The number of ether oxygens (including phenoxy) is 1. The van der Waals surface area contributed by atoms with Crippen molar-refractivity contribution in [3.05, 3.63) is 24.3 Å². The number of hydrogen-bond acceptors (Lipinski definition) is 2. The molecule has 0 saturated heterocycles. The Hall–Kier alpha value is -1.18. The molecule has 0 aromatic heterocycles. The van der Waals surface area contributed by atoms with Gasteiger partial charge in [-0.2, -0.15) is 0 Å². The summed E-state index contributed by atoms with van der Waals surface area (Å²) in [6.07, 6.45) is 2.65. The van der Waals surface area contributed by atoms with Crippen LogP contribution in [0.5, 0.6) is 5.75 Å². The molecule has 0 amide bonds. The molecule has 2 nitrogen and oxygen atoms in total. The van der Waals surface area contributed by atoms with Gasteiger partial charge in [-0.1, -0.05) is 19.1 Å². The van der Waals surface area contributed by atoms with Crippen LogP contribution in [0.4, 0.5) is 5.69 Å². The van der Waals surface area contributed by atoms with E-state index in [-0.39, 0.29) is 0 Å². The van der Waals surface area contributed by atoms with Gasteiger partial charge in [-0.3, -0.25) is 0 Å². The van der Waals surface area contributed by atoms with Gasteiger partial charge in [-0.05, 0) is 36.8 Å². The predicted octanol–water partition coefficient (Wildman–Crippen LogP) is 2.69. The lowest BCUT2D eigenvalue weighted by molar-refractivity contribution is 0.117. The number of para-hydroxylation sites is 2. The van der Waals surface area contributed by atoms with E-state index in [0.29, 0.717) is 0 Å². The van der Waals surface area contributed by atoms with E-state index < -0.39 is 0 Å². The maximum Gasteiger partial charge on any atom is 0.142 e. The maximum atomic E-state index is 5.78. The van der Waals surface area contributed by atoms with E-state index in [0.717, 1.165) is 29.9 Å². The Kier molecular flexibility index (Phi) is 2.62. The van der Waals surface area contributed by atoms with E-state index >= 15 is 0 Å². The molecule has 76 valence electrons. The average Bonchev–Trinajstić information content (AvgIpc) is 2.19. The van der Waals surface area contributed by atoms with Gasteiger partial charge in [0.1, 0.15) is 5.75 Å². The minimum atomic E-state index is 0.731. The molecule has 2 rings (SSSR count). The molecule has 0 bridgehead atoms. The summed E-state index contributed by atoms with van der Waals surface area (Å²) < 4.78 is 5.69. The molecule has 1 saturated carbocycles. The first kappa shape index (κ1) is 9.38. The second kappa shape index (κ2) is 3.91. The molecule has 1 fully saturated rings. The normalized spacial score (nSPS) is 25.5. The van der Waals surface area contributed by atoms with Gasteiger partial charge < -0.3 is 10.5 Å². The Balaban J connectivity index is 1.88. The number of anilines is 1. The van der Waals surface area contributed by atoms with Gasteiger partial charge in [0.05, 0.1) is 12.3 Å². The van der Waals surface area contributed by atoms with Crippen molar-refractivity contribution in [1.29, 1.82) is 0 Å². The molecule has 2 N–H and O–H groups in total. The van der Waals surface area contributed by atoms with Crippen LogP contribution in [0.25, 0.3) is 0 Å². The molecule has 2 atom stereocenters. The summed E-state index contributed by atoms with van der Waals surface area (Å²) in [6.45, 7) is 3.10. The van der Waals surface area contributed by atoms with Crippen LogP contribution in [0, 0.1) is 11.8 Å². The Morgan fingerprint density at radius 1 is 1.36 bits per heavy atom. The number of nitrogens with two attached hydrogens (primary N) is 1. The molecule has 2 heteroatoms. The summed E-state index contributed by atoms with van der Waals surface area (Å²) in [5, 5.41) is 0. The fourth-order valence-corrected chi connectivity index (χ4v) is 1.79. The summed E-state index contributed by atoms with van der Waals surface area (Å²) in [4.78, 5) is 0. The molecular formula is C12H17NO. The van der Waals surface area contributed by atoms with Gasteiger partial charge in [0, 0.05) is 0 Å². The second-order valence-corrected chi connectivity index (χ2v) is 4.16. The van der Waals surface area contributed by atoms with Crippen molar-refractivity contribution in [2.24, 2.45) is 11.8 Å². The van der Waals surface area contributed by atoms with Crippen molar-refractivity contribution in [1.82, 2.24) is 0 Å². The quantitative estimate of drug-likeness (QED) is 0.745. The van der Waals surface area contributed by atoms with Crippen molar-refractivity contribution >= 4 is 5.69 Å². The summed E-state index contributed by atoms with van der Waals surface area (Å²) in [5.74, 6) is 2.38. The minimum absolute atomic E-state index is 0.731. The molecule has 1 aromatic carbocycles. The molecular weight excluding hydrogens is 174 g/mol. The van der Waals surface area contributed by atoms with E-state index in [1.807, 2.05) is 24.3 Å². The fourth-order valence-electron chi connectivity index (χ4n) is 1.79. The number of hydrogen-bond donors (Lipinski definition) is 1. The van der Waals surface area contributed by atoms with Crippen molar-refractivity contribution < 1.29 is 4.74 Å². The first-order chi connectivity index (χ1) is 6.77. The van der Waals surface area contributed by atoms with Crippen molar-refractivity contribution in [2.45, 2.75) is 19.8 Å². The standard InChI is InChI=1S/C12H17NO/c1-9-6-7-10(9)8-14-12-5-3-2-4-11(12)13/h2-5,9-10H,6-8,13H2,1H3/t9-,10-/m1/s1. The molecule has 14 heavy (non-hydrogen) atoms. The third-order valence-electron chi connectivity index (χ3n) is 3.17. The average molecular weight is 191 g/mol. The van der Waals surface area contributed by atoms with Crippen LogP contribution in [0.15, 0.2) is 24.3 Å². The predicted molar refractivity (Wildman–Crippen MR) is 58.2 cm³/mol. The molecule has 1 aliphatic carbocycles. The summed E-state index contributed by atoms with van der Waals surface area (Å²) in [6, 6.07) is 7.68. The minimum Gasteiger partial charge on any atom is -0.491 e. The molecule has 1 aromatic rings. The zero-order chi connectivity index (χ0) is 9.97. The first-order valence-corrected chi connectivity index (χ1v) is 5.24. The zero-order valence-corrected chi connectivity index (χ0v) is 8.57. The molecule has 0 spiro atoms. The van der Waals surface area contributed by atoms with Gasteiger partial charge in [-0.25, -0.2) is 0 Å². The van der Waals surface area contributed by atoms with Gasteiger partial charge in [0.2, 0.25) is 0 Å². The summed E-state index contributed by atoms with van der Waals surface area (Å²) in [7, 11) is 0. The SMILES string of the molecule is C[C@@H]1CC[C@@H]1COc1ccccc1N. The van der Waals surface area contributed by atoms with Crippen LogP contribution < -0.4 is 10.5 Å². The second-order valence-electron chi connectivity index (χ2n) is 4.16. The first-order valence-electron chi connectivity index (χ1n) is 5.24. The van der Waals surface area contributed by atoms with Crippen LogP contribution in [-0.2, 0) is 0 Å².